The fourth-order valence-corrected chi connectivity index (χ4v) is 2.67. The fourth-order valence-electron chi connectivity index (χ4n) is 2.67. The third-order valence-corrected chi connectivity index (χ3v) is 3.68. The molecule has 0 aromatic heterocycles. The Bertz CT molecular complexity index is 556. The van der Waals surface area contributed by atoms with Crippen molar-refractivity contribution in [1.82, 2.24) is 4.90 Å². The van der Waals surface area contributed by atoms with Crippen LogP contribution in [-0.4, -0.2) is 24.6 Å². The van der Waals surface area contributed by atoms with E-state index in [1.54, 1.807) is 0 Å². The number of hydrogen-bond donors (Lipinski definition) is 1. The van der Waals surface area contributed by atoms with E-state index in [1.807, 2.05) is 24.3 Å². The molecule has 1 aliphatic heterocycles. The molecule has 20 heavy (non-hydrogen) atoms. The molecule has 1 heterocycles. The summed E-state index contributed by atoms with van der Waals surface area (Å²) in [6.45, 7) is 3.61. The van der Waals surface area contributed by atoms with Crippen molar-refractivity contribution < 1.29 is 4.74 Å². The average Bonchev–Trinajstić information content (AvgIpc) is 2.48. The molecule has 1 fully saturated rings. The highest BCUT2D eigenvalue weighted by atomic mass is 16.5. The second-order valence-electron chi connectivity index (χ2n) is 5.25. The maximum absolute atomic E-state index is 5.89. The zero-order valence-electron chi connectivity index (χ0n) is 11.5. The minimum atomic E-state index is 0.172. The summed E-state index contributed by atoms with van der Waals surface area (Å²) < 4.78 is 5.89. The zero-order chi connectivity index (χ0) is 13.8. The summed E-state index contributed by atoms with van der Waals surface area (Å²) in [7, 11) is 0. The van der Waals surface area contributed by atoms with Gasteiger partial charge in [0.2, 0.25) is 0 Å². The van der Waals surface area contributed by atoms with Gasteiger partial charge in [0.25, 0.3) is 0 Å². The van der Waals surface area contributed by atoms with Gasteiger partial charge in [-0.1, -0.05) is 42.5 Å². The van der Waals surface area contributed by atoms with Crippen molar-refractivity contribution in [3.05, 3.63) is 65.7 Å². The number of ether oxygens (including phenoxy) is 1. The van der Waals surface area contributed by atoms with Crippen molar-refractivity contribution in [2.75, 3.05) is 25.4 Å². The van der Waals surface area contributed by atoms with Gasteiger partial charge in [-0.2, -0.15) is 0 Å². The van der Waals surface area contributed by atoms with E-state index < -0.39 is 0 Å². The maximum Gasteiger partial charge on any atom is 0.0952 e. The Hall–Kier alpha value is -1.84. The first kappa shape index (κ1) is 13.2. The van der Waals surface area contributed by atoms with Gasteiger partial charge in [0, 0.05) is 25.3 Å². The summed E-state index contributed by atoms with van der Waals surface area (Å²) in [5.41, 5.74) is 9.19. The molecule has 0 radical (unpaired) electrons. The highest BCUT2D eigenvalue weighted by Crippen LogP contribution is 2.23. The van der Waals surface area contributed by atoms with Crippen LogP contribution in [0.3, 0.4) is 0 Å². The van der Waals surface area contributed by atoms with Crippen LogP contribution in [0, 0.1) is 0 Å². The summed E-state index contributed by atoms with van der Waals surface area (Å²) in [5.74, 6) is 0. The van der Waals surface area contributed by atoms with Crippen LogP contribution in [-0.2, 0) is 11.3 Å². The van der Waals surface area contributed by atoms with Gasteiger partial charge in [0.1, 0.15) is 0 Å². The number of nitrogens with zero attached hydrogens (tertiary/aromatic N) is 1. The Balaban J connectivity index is 1.66. The Morgan fingerprint density at radius 3 is 2.75 bits per heavy atom. The number of anilines is 1. The van der Waals surface area contributed by atoms with E-state index in [-0.39, 0.29) is 6.10 Å². The molecule has 3 nitrogen and oxygen atoms in total. The summed E-state index contributed by atoms with van der Waals surface area (Å²) >= 11 is 0. The highest BCUT2D eigenvalue weighted by molar-refractivity contribution is 5.40. The summed E-state index contributed by atoms with van der Waals surface area (Å²) in [5, 5.41) is 0. The lowest BCUT2D eigenvalue weighted by atomic mass is 10.1. The number of rotatable bonds is 3. The Morgan fingerprint density at radius 1 is 1.10 bits per heavy atom. The number of benzene rings is 2. The molecule has 3 rings (SSSR count). The molecule has 0 amide bonds. The van der Waals surface area contributed by atoms with E-state index in [4.69, 9.17) is 10.5 Å². The van der Waals surface area contributed by atoms with Crippen molar-refractivity contribution in [2.45, 2.75) is 12.6 Å². The van der Waals surface area contributed by atoms with Gasteiger partial charge in [-0.15, -0.1) is 0 Å². The lowest BCUT2D eigenvalue weighted by Gasteiger charge is -2.33. The molecule has 2 aromatic carbocycles. The molecule has 104 valence electrons. The molecular weight excluding hydrogens is 248 g/mol. The molecule has 0 aliphatic carbocycles. The fraction of sp³-hybridized carbons (Fsp3) is 0.294. The first-order chi connectivity index (χ1) is 9.81. The molecule has 0 saturated carbocycles. The molecule has 2 aromatic rings. The van der Waals surface area contributed by atoms with Crippen LogP contribution in [0.1, 0.15) is 17.2 Å². The van der Waals surface area contributed by atoms with Crippen molar-refractivity contribution in [3.8, 4) is 0 Å². The molecule has 0 bridgehead atoms. The van der Waals surface area contributed by atoms with Crippen LogP contribution in [0.5, 0.6) is 0 Å². The first-order valence-electron chi connectivity index (χ1n) is 7.04. The molecular formula is C17H20N2O. The maximum atomic E-state index is 5.89. The van der Waals surface area contributed by atoms with Gasteiger partial charge in [-0.05, 0) is 23.3 Å². The predicted molar refractivity (Wildman–Crippen MR) is 81.3 cm³/mol. The lowest BCUT2D eigenvalue weighted by molar-refractivity contribution is -0.0329. The van der Waals surface area contributed by atoms with Crippen LogP contribution in [0.15, 0.2) is 54.6 Å². The predicted octanol–water partition coefficient (Wildman–Crippen LogP) is 2.84. The van der Waals surface area contributed by atoms with Gasteiger partial charge in [-0.25, -0.2) is 0 Å². The smallest absolute Gasteiger partial charge is 0.0952 e. The second-order valence-corrected chi connectivity index (χ2v) is 5.25. The number of nitrogen functional groups attached to an aromatic ring is 1. The Labute approximate surface area is 120 Å². The lowest BCUT2D eigenvalue weighted by Crippen LogP contribution is -2.37. The molecule has 1 unspecified atom stereocenters. The van der Waals surface area contributed by atoms with Crippen molar-refractivity contribution >= 4 is 5.69 Å². The molecule has 3 heteroatoms. The summed E-state index contributed by atoms with van der Waals surface area (Å²) in [6, 6.07) is 18.6. The van der Waals surface area contributed by atoms with Gasteiger partial charge < -0.3 is 10.5 Å². The van der Waals surface area contributed by atoms with E-state index in [9.17, 15) is 0 Å². The quantitative estimate of drug-likeness (QED) is 0.870. The van der Waals surface area contributed by atoms with Gasteiger partial charge >= 0.3 is 0 Å². The Kier molecular flexibility index (Phi) is 4.00. The topological polar surface area (TPSA) is 38.5 Å². The van der Waals surface area contributed by atoms with Crippen molar-refractivity contribution in [2.24, 2.45) is 0 Å². The minimum absolute atomic E-state index is 0.172. The molecule has 2 N–H and O–H groups in total. The molecule has 1 atom stereocenters. The van der Waals surface area contributed by atoms with Gasteiger partial charge in [0.05, 0.1) is 12.7 Å². The van der Waals surface area contributed by atoms with Crippen LogP contribution in [0.25, 0.3) is 0 Å². The zero-order valence-corrected chi connectivity index (χ0v) is 11.5. The Morgan fingerprint density at radius 2 is 1.95 bits per heavy atom. The van der Waals surface area contributed by atoms with E-state index >= 15 is 0 Å². The number of hydrogen-bond acceptors (Lipinski definition) is 3. The van der Waals surface area contributed by atoms with Gasteiger partial charge in [-0.3, -0.25) is 4.90 Å². The van der Waals surface area contributed by atoms with Crippen LogP contribution in [0.4, 0.5) is 5.69 Å². The van der Waals surface area contributed by atoms with Crippen LogP contribution in [0.2, 0.25) is 0 Å². The number of nitrogens with two attached hydrogens (primary N) is 1. The molecule has 0 spiro atoms. The van der Waals surface area contributed by atoms with Crippen LogP contribution >= 0.6 is 0 Å². The van der Waals surface area contributed by atoms with Crippen LogP contribution < -0.4 is 5.73 Å². The van der Waals surface area contributed by atoms with Gasteiger partial charge in [0.15, 0.2) is 0 Å². The monoisotopic (exact) mass is 268 g/mol. The van der Waals surface area contributed by atoms with E-state index in [0.29, 0.717) is 0 Å². The van der Waals surface area contributed by atoms with E-state index in [2.05, 4.69) is 35.2 Å². The standard InChI is InChI=1S/C17H20N2O/c18-16-8-4-5-14(11-16)12-19-9-10-20-17(13-19)15-6-2-1-3-7-15/h1-8,11,17H,9-10,12-13,18H2. The molecule has 1 saturated heterocycles. The summed E-state index contributed by atoms with van der Waals surface area (Å²) in [4.78, 5) is 2.43. The van der Waals surface area contributed by atoms with E-state index in [0.717, 1.165) is 31.9 Å². The molecule has 1 aliphatic rings. The minimum Gasteiger partial charge on any atom is -0.399 e. The second kappa shape index (κ2) is 6.07. The SMILES string of the molecule is Nc1cccc(CN2CCOC(c3ccccc3)C2)c1. The summed E-state index contributed by atoms with van der Waals surface area (Å²) in [6.07, 6.45) is 0.172. The largest absolute Gasteiger partial charge is 0.399 e. The highest BCUT2D eigenvalue weighted by Gasteiger charge is 2.21. The van der Waals surface area contributed by atoms with Crippen molar-refractivity contribution in [1.29, 1.82) is 0 Å². The average molecular weight is 268 g/mol. The van der Waals surface area contributed by atoms with E-state index in [1.165, 1.54) is 11.1 Å². The first-order valence-corrected chi connectivity index (χ1v) is 7.04. The third kappa shape index (κ3) is 3.18. The number of morpholine rings is 1. The van der Waals surface area contributed by atoms with Crippen molar-refractivity contribution in [3.63, 3.8) is 0 Å². The third-order valence-electron chi connectivity index (χ3n) is 3.68. The normalized spacial score (nSPS) is 19.9.